The van der Waals surface area contributed by atoms with Crippen molar-refractivity contribution in [2.24, 2.45) is 0 Å². The highest BCUT2D eigenvalue weighted by atomic mass is 32.2. The summed E-state index contributed by atoms with van der Waals surface area (Å²) in [5.41, 5.74) is 3.14. The molecule has 144 valence electrons. The first kappa shape index (κ1) is 18.4. The summed E-state index contributed by atoms with van der Waals surface area (Å²) < 4.78 is 25.6. The summed E-state index contributed by atoms with van der Waals surface area (Å²) in [5, 5.41) is 4.50. The molecule has 1 fully saturated rings. The second-order valence-corrected chi connectivity index (χ2v) is 10.0. The number of pyridine rings is 1. The fourth-order valence-corrected chi connectivity index (χ4v) is 6.07. The SMILES string of the molecule is C[C@@]1(n2cc(C3=CCN(CCc4ccccn4)CC3)cn2)CCS(=O)(=O)C1. The van der Waals surface area contributed by atoms with Crippen LogP contribution in [-0.4, -0.2) is 59.2 Å². The minimum Gasteiger partial charge on any atom is -0.299 e. The van der Waals surface area contributed by atoms with E-state index in [2.05, 4.69) is 27.1 Å². The lowest BCUT2D eigenvalue weighted by Gasteiger charge is -2.26. The highest BCUT2D eigenvalue weighted by Gasteiger charge is 2.40. The maximum atomic E-state index is 11.9. The molecule has 4 heterocycles. The Morgan fingerprint density at radius 1 is 1.30 bits per heavy atom. The molecule has 0 N–H and O–H groups in total. The van der Waals surface area contributed by atoms with Crippen LogP contribution in [0.3, 0.4) is 0 Å². The minimum absolute atomic E-state index is 0.182. The van der Waals surface area contributed by atoms with E-state index in [1.807, 2.05) is 42.3 Å². The zero-order chi connectivity index (χ0) is 18.9. The van der Waals surface area contributed by atoms with Crippen LogP contribution in [0.15, 0.2) is 42.9 Å². The highest BCUT2D eigenvalue weighted by molar-refractivity contribution is 7.91. The van der Waals surface area contributed by atoms with Crippen LogP contribution in [0.25, 0.3) is 5.57 Å². The third-order valence-corrected chi connectivity index (χ3v) is 7.58. The van der Waals surface area contributed by atoms with E-state index >= 15 is 0 Å². The summed E-state index contributed by atoms with van der Waals surface area (Å²) in [7, 11) is -2.94. The molecule has 0 aliphatic carbocycles. The Bertz CT molecular complexity index is 936. The van der Waals surface area contributed by atoms with Gasteiger partial charge in [-0.1, -0.05) is 12.1 Å². The largest absolute Gasteiger partial charge is 0.299 e. The van der Waals surface area contributed by atoms with Crippen molar-refractivity contribution < 1.29 is 8.42 Å². The molecule has 6 nitrogen and oxygen atoms in total. The molecule has 0 spiro atoms. The van der Waals surface area contributed by atoms with Crippen molar-refractivity contribution in [2.45, 2.75) is 31.7 Å². The molecule has 0 aromatic carbocycles. The molecule has 7 heteroatoms. The zero-order valence-electron chi connectivity index (χ0n) is 15.7. The first-order valence-electron chi connectivity index (χ1n) is 9.51. The number of nitrogens with zero attached hydrogens (tertiary/aromatic N) is 4. The summed E-state index contributed by atoms with van der Waals surface area (Å²) >= 11 is 0. The maximum absolute atomic E-state index is 11.9. The molecule has 2 aliphatic heterocycles. The van der Waals surface area contributed by atoms with E-state index in [1.54, 1.807) is 0 Å². The molecule has 0 bridgehead atoms. The smallest absolute Gasteiger partial charge is 0.152 e. The first-order valence-corrected chi connectivity index (χ1v) is 11.3. The van der Waals surface area contributed by atoms with Crippen LogP contribution in [0.2, 0.25) is 0 Å². The molecule has 4 rings (SSSR count). The second-order valence-electron chi connectivity index (χ2n) is 7.86. The summed E-state index contributed by atoms with van der Waals surface area (Å²) in [6.07, 6.45) is 10.6. The Morgan fingerprint density at radius 2 is 2.19 bits per heavy atom. The molecule has 2 aliphatic rings. The van der Waals surface area contributed by atoms with Crippen molar-refractivity contribution in [1.82, 2.24) is 19.7 Å². The van der Waals surface area contributed by atoms with Crippen molar-refractivity contribution in [3.8, 4) is 0 Å². The minimum atomic E-state index is -2.94. The molecular weight excluding hydrogens is 360 g/mol. The van der Waals surface area contributed by atoms with Gasteiger partial charge in [-0.15, -0.1) is 0 Å². The topological polar surface area (TPSA) is 68.1 Å². The van der Waals surface area contributed by atoms with Gasteiger partial charge in [-0.25, -0.2) is 8.42 Å². The fourth-order valence-electron chi connectivity index (χ4n) is 3.95. The van der Waals surface area contributed by atoms with Gasteiger partial charge in [-0.2, -0.15) is 5.10 Å². The van der Waals surface area contributed by atoms with Gasteiger partial charge in [0.1, 0.15) is 0 Å². The quantitative estimate of drug-likeness (QED) is 0.788. The number of rotatable bonds is 5. The van der Waals surface area contributed by atoms with Gasteiger partial charge >= 0.3 is 0 Å². The fraction of sp³-hybridized carbons (Fsp3) is 0.500. The number of aromatic nitrogens is 3. The Hall–Kier alpha value is -1.99. The Labute approximate surface area is 160 Å². The molecule has 0 amide bonds. The molecule has 0 unspecified atom stereocenters. The van der Waals surface area contributed by atoms with Gasteiger partial charge in [0.2, 0.25) is 0 Å². The van der Waals surface area contributed by atoms with Gasteiger partial charge in [0.15, 0.2) is 9.84 Å². The van der Waals surface area contributed by atoms with Crippen molar-refractivity contribution in [2.75, 3.05) is 31.1 Å². The molecule has 0 radical (unpaired) electrons. The van der Waals surface area contributed by atoms with Crippen LogP contribution in [0.5, 0.6) is 0 Å². The summed E-state index contributed by atoms with van der Waals surface area (Å²) in [6.45, 7) is 4.95. The molecule has 2 aromatic rings. The van der Waals surface area contributed by atoms with Crippen LogP contribution in [0, 0.1) is 0 Å². The monoisotopic (exact) mass is 386 g/mol. The first-order chi connectivity index (χ1) is 12.9. The lowest BCUT2D eigenvalue weighted by atomic mass is 10.0. The molecule has 1 saturated heterocycles. The van der Waals surface area contributed by atoms with Gasteiger partial charge in [0.05, 0.1) is 23.2 Å². The van der Waals surface area contributed by atoms with Crippen LogP contribution in [0.1, 0.15) is 31.0 Å². The van der Waals surface area contributed by atoms with Crippen LogP contribution < -0.4 is 0 Å². The van der Waals surface area contributed by atoms with E-state index in [0.717, 1.165) is 43.7 Å². The Morgan fingerprint density at radius 3 is 2.85 bits per heavy atom. The Balaban J connectivity index is 1.38. The van der Waals surface area contributed by atoms with E-state index in [4.69, 9.17) is 0 Å². The maximum Gasteiger partial charge on any atom is 0.152 e. The molecule has 0 saturated carbocycles. The summed E-state index contributed by atoms with van der Waals surface area (Å²) in [4.78, 5) is 6.82. The molecule has 1 atom stereocenters. The van der Waals surface area contributed by atoms with Gasteiger partial charge in [-0.05, 0) is 37.5 Å². The van der Waals surface area contributed by atoms with Crippen molar-refractivity contribution in [3.05, 3.63) is 54.1 Å². The van der Waals surface area contributed by atoms with Crippen LogP contribution in [-0.2, 0) is 21.8 Å². The van der Waals surface area contributed by atoms with E-state index in [9.17, 15) is 8.42 Å². The summed E-state index contributed by atoms with van der Waals surface area (Å²) in [6, 6.07) is 6.05. The van der Waals surface area contributed by atoms with Crippen LogP contribution >= 0.6 is 0 Å². The standard InChI is InChI=1S/C20H26N4O2S/c1-20(8-13-27(25,26)16-20)24-15-18(14-22-24)17-5-10-23(11-6-17)12-7-19-4-2-3-9-21-19/h2-5,9,14-15H,6-8,10-13,16H2,1H3/t20-/m1/s1. The Kier molecular flexibility index (Phi) is 4.90. The summed E-state index contributed by atoms with van der Waals surface area (Å²) in [5.74, 6) is 0.439. The number of hydrogen-bond acceptors (Lipinski definition) is 5. The molecular formula is C20H26N4O2S. The predicted octanol–water partition coefficient (Wildman–Crippen LogP) is 2.14. The van der Waals surface area contributed by atoms with E-state index in [1.165, 1.54) is 5.57 Å². The van der Waals surface area contributed by atoms with Gasteiger partial charge < -0.3 is 0 Å². The van der Waals surface area contributed by atoms with E-state index in [0.29, 0.717) is 6.42 Å². The highest BCUT2D eigenvalue weighted by Crippen LogP contribution is 2.31. The predicted molar refractivity (Wildman–Crippen MR) is 106 cm³/mol. The van der Waals surface area contributed by atoms with Crippen molar-refractivity contribution >= 4 is 15.4 Å². The molecule has 2 aromatic heterocycles. The molecule has 27 heavy (non-hydrogen) atoms. The average molecular weight is 387 g/mol. The van der Waals surface area contributed by atoms with Crippen molar-refractivity contribution in [3.63, 3.8) is 0 Å². The lowest BCUT2D eigenvalue weighted by Crippen LogP contribution is -2.32. The number of hydrogen-bond donors (Lipinski definition) is 0. The lowest BCUT2D eigenvalue weighted by molar-refractivity contribution is 0.304. The van der Waals surface area contributed by atoms with Gasteiger partial charge in [0.25, 0.3) is 0 Å². The number of sulfone groups is 1. The third-order valence-electron chi connectivity index (χ3n) is 5.69. The normalized spacial score (nSPS) is 25.4. The third kappa shape index (κ3) is 4.14. The van der Waals surface area contributed by atoms with Crippen molar-refractivity contribution in [1.29, 1.82) is 0 Å². The second kappa shape index (κ2) is 7.20. The van der Waals surface area contributed by atoms with Gasteiger partial charge in [-0.3, -0.25) is 14.6 Å². The average Bonchev–Trinajstić information content (AvgIpc) is 3.27. The zero-order valence-corrected chi connectivity index (χ0v) is 16.5. The van der Waals surface area contributed by atoms with Gasteiger partial charge in [0, 0.05) is 49.7 Å². The van der Waals surface area contributed by atoms with E-state index < -0.39 is 15.4 Å². The van der Waals surface area contributed by atoms with E-state index in [-0.39, 0.29) is 11.5 Å². The van der Waals surface area contributed by atoms with Crippen LogP contribution in [0.4, 0.5) is 0 Å².